The van der Waals surface area contributed by atoms with Gasteiger partial charge in [-0.15, -0.1) is 0 Å². The fraction of sp³-hybridized carbons (Fsp3) is 0.400. The predicted molar refractivity (Wildman–Crippen MR) is 96.6 cm³/mol. The van der Waals surface area contributed by atoms with Gasteiger partial charge in [0.15, 0.2) is 0 Å². The molecule has 0 aliphatic carbocycles. The molecule has 0 aromatic heterocycles. The van der Waals surface area contributed by atoms with Crippen molar-refractivity contribution in [3.8, 4) is 0 Å². The summed E-state index contributed by atoms with van der Waals surface area (Å²) in [6.45, 7) is 8.43. The van der Waals surface area contributed by atoms with E-state index in [4.69, 9.17) is 0 Å². The Labute approximate surface area is 137 Å². The van der Waals surface area contributed by atoms with Gasteiger partial charge < -0.3 is 0 Å². The zero-order chi connectivity index (χ0) is 16.1. The number of benzene rings is 2. The summed E-state index contributed by atoms with van der Waals surface area (Å²) in [5, 5.41) is 0.207. The molecule has 1 nitrogen and oxygen atoms in total. The molecule has 0 unspecified atom stereocenters. The quantitative estimate of drug-likeness (QED) is 0.673. The molecule has 0 aliphatic rings. The van der Waals surface area contributed by atoms with Crippen LogP contribution in [-0.4, -0.2) is 4.21 Å². The SMILES string of the molecule is CC[C@H](c1ccc(C)cc1)S(=O)[C@H](CC)c1ccc(C)cc1. The first kappa shape index (κ1) is 17.0. The second kappa shape index (κ2) is 7.73. The molecule has 0 amide bonds. The summed E-state index contributed by atoms with van der Waals surface area (Å²) in [6.07, 6.45) is 1.80. The number of rotatable bonds is 6. The largest absolute Gasteiger partial charge is 0.258 e. The van der Waals surface area contributed by atoms with Crippen molar-refractivity contribution in [1.82, 2.24) is 0 Å². The van der Waals surface area contributed by atoms with Crippen LogP contribution in [0.3, 0.4) is 0 Å². The molecule has 2 rings (SSSR count). The Hall–Kier alpha value is -1.41. The fourth-order valence-corrected chi connectivity index (χ4v) is 4.73. The van der Waals surface area contributed by atoms with Crippen molar-refractivity contribution in [3.63, 3.8) is 0 Å². The average Bonchev–Trinajstić information content (AvgIpc) is 2.52. The minimum atomic E-state index is -0.911. The van der Waals surface area contributed by atoms with E-state index in [1.165, 1.54) is 22.3 Å². The number of aryl methyl sites for hydroxylation is 2. The first-order valence-electron chi connectivity index (χ1n) is 8.09. The van der Waals surface area contributed by atoms with E-state index in [0.717, 1.165) is 12.8 Å². The molecule has 0 spiro atoms. The third-order valence-corrected chi connectivity index (χ3v) is 6.53. The molecule has 0 aliphatic heterocycles. The smallest absolute Gasteiger partial charge is 0.0600 e. The molecule has 2 aromatic rings. The summed E-state index contributed by atoms with van der Waals surface area (Å²) in [5.74, 6) is 0. The van der Waals surface area contributed by atoms with Gasteiger partial charge in [0.25, 0.3) is 0 Å². The van der Waals surface area contributed by atoms with E-state index in [1.807, 2.05) is 0 Å². The number of hydrogen-bond donors (Lipinski definition) is 0. The molecule has 22 heavy (non-hydrogen) atoms. The predicted octanol–water partition coefficient (Wildman–Crippen LogP) is 5.65. The van der Waals surface area contributed by atoms with Crippen molar-refractivity contribution in [1.29, 1.82) is 0 Å². The summed E-state index contributed by atoms with van der Waals surface area (Å²) < 4.78 is 13.2. The summed E-state index contributed by atoms with van der Waals surface area (Å²) >= 11 is 0. The van der Waals surface area contributed by atoms with Crippen molar-refractivity contribution in [2.45, 2.75) is 51.0 Å². The second-order valence-electron chi connectivity index (χ2n) is 5.94. The van der Waals surface area contributed by atoms with Crippen molar-refractivity contribution in [2.75, 3.05) is 0 Å². The minimum absolute atomic E-state index is 0.104. The van der Waals surface area contributed by atoms with Gasteiger partial charge in [-0.25, -0.2) is 0 Å². The van der Waals surface area contributed by atoms with Gasteiger partial charge in [-0.3, -0.25) is 4.21 Å². The Morgan fingerprint density at radius 2 is 1.05 bits per heavy atom. The van der Waals surface area contributed by atoms with Gasteiger partial charge >= 0.3 is 0 Å². The van der Waals surface area contributed by atoms with Crippen LogP contribution < -0.4 is 0 Å². The van der Waals surface area contributed by atoms with Gasteiger partial charge in [-0.05, 0) is 37.8 Å². The zero-order valence-electron chi connectivity index (χ0n) is 14.0. The van der Waals surface area contributed by atoms with Crippen LogP contribution in [0.15, 0.2) is 48.5 Å². The highest BCUT2D eigenvalue weighted by molar-refractivity contribution is 7.85. The van der Waals surface area contributed by atoms with E-state index in [0.29, 0.717) is 0 Å². The van der Waals surface area contributed by atoms with Crippen LogP contribution in [-0.2, 0) is 10.8 Å². The Bertz CT molecular complexity index is 558. The molecule has 0 fully saturated rings. The molecule has 0 saturated heterocycles. The van der Waals surface area contributed by atoms with Gasteiger partial charge in [-0.2, -0.15) is 0 Å². The molecule has 0 heterocycles. The highest BCUT2D eigenvalue weighted by Gasteiger charge is 2.25. The van der Waals surface area contributed by atoms with Crippen molar-refractivity contribution < 1.29 is 4.21 Å². The average molecular weight is 314 g/mol. The van der Waals surface area contributed by atoms with Gasteiger partial charge in [-0.1, -0.05) is 73.5 Å². The number of hydrogen-bond acceptors (Lipinski definition) is 1. The molecular formula is C20H26OS. The topological polar surface area (TPSA) is 17.1 Å². The lowest BCUT2D eigenvalue weighted by molar-refractivity contribution is 0.652. The van der Waals surface area contributed by atoms with Crippen LogP contribution >= 0.6 is 0 Å². The summed E-state index contributed by atoms with van der Waals surface area (Å²) in [4.78, 5) is 0. The Kier molecular flexibility index (Phi) is 5.96. The van der Waals surface area contributed by atoms with E-state index < -0.39 is 10.8 Å². The lowest BCUT2D eigenvalue weighted by atomic mass is 10.1. The maximum atomic E-state index is 13.2. The van der Waals surface area contributed by atoms with E-state index in [2.05, 4.69) is 76.2 Å². The van der Waals surface area contributed by atoms with Crippen LogP contribution in [0, 0.1) is 13.8 Å². The molecule has 2 atom stereocenters. The summed E-state index contributed by atoms with van der Waals surface area (Å²) in [7, 11) is -0.911. The van der Waals surface area contributed by atoms with E-state index in [-0.39, 0.29) is 10.5 Å². The summed E-state index contributed by atoms with van der Waals surface area (Å²) in [5.41, 5.74) is 4.87. The van der Waals surface area contributed by atoms with Crippen LogP contribution in [0.4, 0.5) is 0 Å². The first-order chi connectivity index (χ1) is 10.6. The molecular weight excluding hydrogens is 288 g/mol. The van der Waals surface area contributed by atoms with Crippen LogP contribution in [0.1, 0.15) is 59.4 Å². The zero-order valence-corrected chi connectivity index (χ0v) is 14.8. The van der Waals surface area contributed by atoms with Crippen LogP contribution in [0.5, 0.6) is 0 Å². The first-order valence-corrected chi connectivity index (χ1v) is 9.37. The molecule has 0 N–H and O–H groups in total. The van der Waals surface area contributed by atoms with Gasteiger partial charge in [0.2, 0.25) is 0 Å². The molecule has 0 radical (unpaired) electrons. The molecule has 0 bridgehead atoms. The summed E-state index contributed by atoms with van der Waals surface area (Å²) in [6, 6.07) is 17.0. The van der Waals surface area contributed by atoms with Crippen molar-refractivity contribution >= 4 is 10.8 Å². The van der Waals surface area contributed by atoms with Gasteiger partial charge in [0.1, 0.15) is 0 Å². The Morgan fingerprint density at radius 3 is 1.32 bits per heavy atom. The van der Waals surface area contributed by atoms with Crippen LogP contribution in [0.25, 0.3) is 0 Å². The third kappa shape index (κ3) is 3.86. The second-order valence-corrected chi connectivity index (χ2v) is 7.74. The van der Waals surface area contributed by atoms with Crippen molar-refractivity contribution in [2.24, 2.45) is 0 Å². The third-order valence-electron chi connectivity index (χ3n) is 4.20. The fourth-order valence-electron chi connectivity index (χ4n) is 2.83. The maximum Gasteiger partial charge on any atom is 0.0600 e. The van der Waals surface area contributed by atoms with Gasteiger partial charge in [0.05, 0.1) is 10.5 Å². The molecule has 118 valence electrons. The standard InChI is InChI=1S/C20H26OS/c1-5-19(17-11-7-15(3)8-12-17)22(21)20(6-2)18-13-9-16(4)10-14-18/h7-14,19-20H,5-6H2,1-4H3/t19-,20-/m1/s1. The van der Waals surface area contributed by atoms with E-state index >= 15 is 0 Å². The van der Waals surface area contributed by atoms with E-state index in [9.17, 15) is 4.21 Å². The Balaban J connectivity index is 2.29. The molecule has 2 heteroatoms. The maximum absolute atomic E-state index is 13.2. The lowest BCUT2D eigenvalue weighted by Gasteiger charge is -2.23. The molecule has 2 aromatic carbocycles. The minimum Gasteiger partial charge on any atom is -0.258 e. The highest BCUT2D eigenvalue weighted by Crippen LogP contribution is 2.35. The van der Waals surface area contributed by atoms with Gasteiger partial charge in [0, 0.05) is 10.8 Å². The van der Waals surface area contributed by atoms with Crippen LogP contribution in [0.2, 0.25) is 0 Å². The highest BCUT2D eigenvalue weighted by atomic mass is 32.2. The lowest BCUT2D eigenvalue weighted by Crippen LogP contribution is -2.14. The van der Waals surface area contributed by atoms with Crippen molar-refractivity contribution in [3.05, 3.63) is 70.8 Å². The van der Waals surface area contributed by atoms with E-state index in [1.54, 1.807) is 0 Å². The molecule has 0 saturated carbocycles. The Morgan fingerprint density at radius 1 is 0.727 bits per heavy atom. The monoisotopic (exact) mass is 314 g/mol. The normalized spacial score (nSPS) is 14.0.